The molecule has 0 unspecified atom stereocenters. The van der Waals surface area contributed by atoms with Gasteiger partial charge in [0.1, 0.15) is 0 Å². The second-order valence-corrected chi connectivity index (χ2v) is 6.80. The van der Waals surface area contributed by atoms with Crippen LogP contribution in [-0.2, 0) is 11.2 Å². The molecule has 6 heteroatoms. The molecule has 156 valence electrons. The van der Waals surface area contributed by atoms with E-state index in [9.17, 15) is 9.59 Å². The summed E-state index contributed by atoms with van der Waals surface area (Å²) in [5.74, 6) is 0.177. The summed E-state index contributed by atoms with van der Waals surface area (Å²) >= 11 is 0. The van der Waals surface area contributed by atoms with Crippen molar-refractivity contribution in [3.63, 3.8) is 0 Å². The normalized spacial score (nSPS) is 10.4. The van der Waals surface area contributed by atoms with Crippen LogP contribution in [0.15, 0.2) is 48.5 Å². The topological polar surface area (TPSA) is 76.1 Å². The van der Waals surface area contributed by atoms with Crippen LogP contribution in [0.1, 0.15) is 41.6 Å². The highest BCUT2D eigenvalue weighted by atomic mass is 16.5. The molecule has 0 aliphatic rings. The van der Waals surface area contributed by atoms with E-state index in [0.29, 0.717) is 43.0 Å². The molecule has 6 nitrogen and oxygen atoms in total. The maximum absolute atomic E-state index is 13.1. The standard InChI is InChI=1S/C23H29NO5/c1-28-20-14-13-19(17-21(20)29-2)23(27)24(15-7-6-12-22(25)26)16-8-11-18-9-4-3-5-10-18/h3-5,9-10,13-14,17H,6-8,11-12,15-16H2,1-2H3,(H,25,26). The number of nitrogens with zero attached hydrogens (tertiary/aromatic N) is 1. The average Bonchev–Trinajstić information content (AvgIpc) is 2.75. The van der Waals surface area contributed by atoms with Crippen molar-refractivity contribution in [2.24, 2.45) is 0 Å². The van der Waals surface area contributed by atoms with Gasteiger partial charge in [-0.2, -0.15) is 0 Å². The summed E-state index contributed by atoms with van der Waals surface area (Å²) in [6.45, 7) is 1.13. The van der Waals surface area contributed by atoms with E-state index in [-0.39, 0.29) is 12.3 Å². The monoisotopic (exact) mass is 399 g/mol. The van der Waals surface area contributed by atoms with Crippen molar-refractivity contribution in [1.82, 2.24) is 4.90 Å². The molecule has 2 rings (SSSR count). The van der Waals surface area contributed by atoms with Crippen molar-refractivity contribution < 1.29 is 24.2 Å². The third kappa shape index (κ3) is 7.14. The number of carbonyl (C=O) groups excluding carboxylic acids is 1. The minimum atomic E-state index is -0.813. The number of carbonyl (C=O) groups is 2. The van der Waals surface area contributed by atoms with Gasteiger partial charge >= 0.3 is 5.97 Å². The SMILES string of the molecule is COc1ccc(C(=O)N(CCCCC(=O)O)CCCc2ccccc2)cc1OC. The highest BCUT2D eigenvalue weighted by Crippen LogP contribution is 2.28. The van der Waals surface area contributed by atoms with Gasteiger partial charge in [-0.3, -0.25) is 9.59 Å². The first-order valence-corrected chi connectivity index (χ1v) is 9.82. The van der Waals surface area contributed by atoms with Crippen LogP contribution in [-0.4, -0.2) is 49.2 Å². The Hall–Kier alpha value is -3.02. The summed E-state index contributed by atoms with van der Waals surface area (Å²) < 4.78 is 10.6. The van der Waals surface area contributed by atoms with Gasteiger partial charge < -0.3 is 19.5 Å². The Bertz CT molecular complexity index is 791. The van der Waals surface area contributed by atoms with Crippen LogP contribution >= 0.6 is 0 Å². The highest BCUT2D eigenvalue weighted by Gasteiger charge is 2.17. The van der Waals surface area contributed by atoms with Crippen LogP contribution < -0.4 is 9.47 Å². The number of aryl methyl sites for hydroxylation is 1. The fraction of sp³-hybridized carbons (Fsp3) is 0.391. The molecular formula is C23H29NO5. The van der Waals surface area contributed by atoms with E-state index >= 15 is 0 Å². The van der Waals surface area contributed by atoms with Crippen LogP contribution in [0.5, 0.6) is 11.5 Å². The predicted octanol–water partition coefficient (Wildman–Crippen LogP) is 4.03. The molecule has 0 saturated heterocycles. The number of rotatable bonds is 12. The molecule has 1 N–H and O–H groups in total. The Morgan fingerprint density at radius 2 is 1.59 bits per heavy atom. The van der Waals surface area contributed by atoms with Crippen LogP contribution in [0.25, 0.3) is 0 Å². The fourth-order valence-electron chi connectivity index (χ4n) is 3.16. The average molecular weight is 399 g/mol. The molecule has 0 bridgehead atoms. The Morgan fingerprint density at radius 3 is 2.24 bits per heavy atom. The van der Waals surface area contributed by atoms with E-state index in [1.807, 2.05) is 18.2 Å². The molecule has 0 aromatic heterocycles. The van der Waals surface area contributed by atoms with Crippen LogP contribution in [0, 0.1) is 0 Å². The largest absolute Gasteiger partial charge is 0.493 e. The van der Waals surface area contributed by atoms with Gasteiger partial charge in [-0.15, -0.1) is 0 Å². The van der Waals surface area contributed by atoms with Crippen molar-refractivity contribution in [1.29, 1.82) is 0 Å². The number of unbranched alkanes of at least 4 members (excludes halogenated alkanes) is 1. The first kappa shape index (κ1) is 22.3. The van der Waals surface area contributed by atoms with Gasteiger partial charge in [0.25, 0.3) is 5.91 Å². The van der Waals surface area contributed by atoms with Crippen LogP contribution in [0.3, 0.4) is 0 Å². The smallest absolute Gasteiger partial charge is 0.303 e. The van der Waals surface area contributed by atoms with E-state index in [1.165, 1.54) is 12.7 Å². The number of hydrogen-bond acceptors (Lipinski definition) is 4. The first-order chi connectivity index (χ1) is 14.0. The van der Waals surface area contributed by atoms with E-state index in [2.05, 4.69) is 12.1 Å². The van der Waals surface area contributed by atoms with Crippen molar-refractivity contribution in [3.05, 3.63) is 59.7 Å². The number of methoxy groups -OCH3 is 2. The van der Waals surface area contributed by atoms with Crippen LogP contribution in [0.4, 0.5) is 0 Å². The minimum absolute atomic E-state index is 0.0886. The van der Waals surface area contributed by atoms with Crippen LogP contribution in [0.2, 0.25) is 0 Å². The zero-order chi connectivity index (χ0) is 21.1. The summed E-state index contributed by atoms with van der Waals surface area (Å²) in [5, 5.41) is 8.83. The van der Waals surface area contributed by atoms with E-state index in [0.717, 1.165) is 12.8 Å². The lowest BCUT2D eigenvalue weighted by molar-refractivity contribution is -0.137. The van der Waals surface area contributed by atoms with Gasteiger partial charge in [-0.05, 0) is 49.4 Å². The lowest BCUT2D eigenvalue weighted by Gasteiger charge is -2.23. The highest BCUT2D eigenvalue weighted by molar-refractivity contribution is 5.95. The maximum Gasteiger partial charge on any atom is 0.303 e. The molecule has 0 saturated carbocycles. The zero-order valence-corrected chi connectivity index (χ0v) is 17.1. The summed E-state index contributed by atoms with van der Waals surface area (Å²) in [7, 11) is 3.09. The molecule has 2 aromatic rings. The molecule has 1 amide bonds. The van der Waals surface area contributed by atoms with E-state index in [4.69, 9.17) is 14.6 Å². The summed E-state index contributed by atoms with van der Waals surface area (Å²) in [4.78, 5) is 25.6. The Morgan fingerprint density at radius 1 is 0.897 bits per heavy atom. The number of ether oxygens (including phenoxy) is 2. The summed E-state index contributed by atoms with van der Waals surface area (Å²) in [5.41, 5.74) is 1.76. The molecule has 0 heterocycles. The van der Waals surface area contributed by atoms with E-state index < -0.39 is 5.97 Å². The van der Waals surface area contributed by atoms with Gasteiger partial charge in [0.2, 0.25) is 0 Å². The number of carboxylic acids is 1. The van der Waals surface area contributed by atoms with Crippen molar-refractivity contribution in [2.45, 2.75) is 32.1 Å². The minimum Gasteiger partial charge on any atom is -0.493 e. The third-order valence-electron chi connectivity index (χ3n) is 4.72. The first-order valence-electron chi connectivity index (χ1n) is 9.82. The fourth-order valence-corrected chi connectivity index (χ4v) is 3.16. The molecular weight excluding hydrogens is 370 g/mol. The van der Waals surface area contributed by atoms with Gasteiger partial charge in [0, 0.05) is 25.1 Å². The molecule has 29 heavy (non-hydrogen) atoms. The lowest BCUT2D eigenvalue weighted by Crippen LogP contribution is -2.33. The summed E-state index contributed by atoms with van der Waals surface area (Å²) in [6.07, 6.45) is 3.02. The number of amides is 1. The molecule has 2 aromatic carbocycles. The maximum atomic E-state index is 13.1. The number of aliphatic carboxylic acids is 1. The second kappa shape index (κ2) is 11.7. The van der Waals surface area contributed by atoms with Gasteiger partial charge in [-0.1, -0.05) is 30.3 Å². The Labute approximate surface area is 172 Å². The van der Waals surface area contributed by atoms with Gasteiger partial charge in [0.05, 0.1) is 14.2 Å². The lowest BCUT2D eigenvalue weighted by atomic mass is 10.1. The second-order valence-electron chi connectivity index (χ2n) is 6.80. The number of benzene rings is 2. The van der Waals surface area contributed by atoms with Crippen molar-refractivity contribution in [2.75, 3.05) is 27.3 Å². The number of hydrogen-bond donors (Lipinski definition) is 1. The molecule has 0 spiro atoms. The summed E-state index contributed by atoms with van der Waals surface area (Å²) in [6, 6.07) is 15.3. The van der Waals surface area contributed by atoms with Crippen molar-refractivity contribution >= 4 is 11.9 Å². The Balaban J connectivity index is 2.05. The quantitative estimate of drug-likeness (QED) is 0.545. The van der Waals surface area contributed by atoms with Gasteiger partial charge in [-0.25, -0.2) is 0 Å². The molecule has 0 aliphatic heterocycles. The Kier molecular flexibility index (Phi) is 9.02. The number of carboxylic acid groups (broad SMARTS) is 1. The molecule has 0 radical (unpaired) electrons. The van der Waals surface area contributed by atoms with Crippen molar-refractivity contribution in [3.8, 4) is 11.5 Å². The molecule has 0 atom stereocenters. The van der Waals surface area contributed by atoms with Gasteiger partial charge in [0.15, 0.2) is 11.5 Å². The zero-order valence-electron chi connectivity index (χ0n) is 17.1. The molecule has 0 fully saturated rings. The predicted molar refractivity (Wildman–Crippen MR) is 112 cm³/mol. The van der Waals surface area contributed by atoms with E-state index in [1.54, 1.807) is 30.2 Å². The molecule has 0 aliphatic carbocycles. The third-order valence-corrected chi connectivity index (χ3v) is 4.72.